The van der Waals surface area contributed by atoms with Crippen LogP contribution in [-0.2, 0) is 0 Å². The summed E-state index contributed by atoms with van der Waals surface area (Å²) in [6, 6.07) is 6.30. The first kappa shape index (κ1) is 14.9. The number of likely N-dealkylation sites (N-methyl/N-ethyl adjacent to an activating group) is 1. The Morgan fingerprint density at radius 2 is 2.15 bits per heavy atom. The first-order valence-electron chi connectivity index (χ1n) is 7.37. The Morgan fingerprint density at radius 1 is 1.40 bits per heavy atom. The van der Waals surface area contributed by atoms with Gasteiger partial charge in [0.1, 0.15) is 0 Å². The summed E-state index contributed by atoms with van der Waals surface area (Å²) in [7, 11) is 2.11. The van der Waals surface area contributed by atoms with Crippen LogP contribution in [0.15, 0.2) is 18.2 Å². The summed E-state index contributed by atoms with van der Waals surface area (Å²) < 4.78 is 0. The number of nitrogens with one attached hydrogen (secondary N) is 1. The highest BCUT2D eigenvalue weighted by Gasteiger charge is 2.27. The zero-order valence-corrected chi connectivity index (χ0v) is 12.9. The van der Waals surface area contributed by atoms with E-state index in [9.17, 15) is 4.79 Å². The lowest BCUT2D eigenvalue weighted by Crippen LogP contribution is -2.52. The molecule has 110 valence electrons. The van der Waals surface area contributed by atoms with Crippen molar-refractivity contribution in [3.05, 3.63) is 29.3 Å². The number of hydrogen-bond acceptors (Lipinski definition) is 3. The van der Waals surface area contributed by atoms with Gasteiger partial charge in [-0.1, -0.05) is 11.6 Å². The fraction of sp³-hybridized carbons (Fsp3) is 0.562. The smallest absolute Gasteiger partial charge is 0.256 e. The lowest BCUT2D eigenvalue weighted by atomic mass is 10.1. The monoisotopic (exact) mass is 275 g/mol. The maximum atomic E-state index is 12.8. The van der Waals surface area contributed by atoms with Crippen molar-refractivity contribution >= 4 is 11.6 Å². The summed E-state index contributed by atoms with van der Waals surface area (Å²) in [5.41, 5.74) is 2.86. The van der Waals surface area contributed by atoms with Crippen LogP contribution in [0.5, 0.6) is 0 Å². The van der Waals surface area contributed by atoms with E-state index in [2.05, 4.69) is 24.2 Å². The minimum absolute atomic E-state index is 0.144. The molecule has 1 aliphatic rings. The molecule has 20 heavy (non-hydrogen) atoms. The summed E-state index contributed by atoms with van der Waals surface area (Å²) in [4.78, 5) is 17.1. The fourth-order valence-electron chi connectivity index (χ4n) is 2.78. The third-order valence-electron chi connectivity index (χ3n) is 3.86. The van der Waals surface area contributed by atoms with Crippen molar-refractivity contribution in [2.24, 2.45) is 0 Å². The molecule has 0 radical (unpaired) electrons. The molecule has 1 unspecified atom stereocenters. The minimum atomic E-state index is 0.144. The molecule has 0 aromatic heterocycles. The highest BCUT2D eigenvalue weighted by molar-refractivity contribution is 6.00. The Bertz CT molecular complexity index is 487. The van der Waals surface area contributed by atoms with Crippen LogP contribution < -0.4 is 5.32 Å². The fourth-order valence-corrected chi connectivity index (χ4v) is 2.78. The topological polar surface area (TPSA) is 35.6 Å². The Labute approximate surface area is 121 Å². The molecule has 1 heterocycles. The van der Waals surface area contributed by atoms with Gasteiger partial charge in [-0.2, -0.15) is 0 Å². The Hall–Kier alpha value is -1.55. The van der Waals surface area contributed by atoms with Gasteiger partial charge in [-0.15, -0.1) is 0 Å². The van der Waals surface area contributed by atoms with E-state index < -0.39 is 0 Å². The number of amides is 1. The molecular formula is C16H25N3O. The van der Waals surface area contributed by atoms with Crippen LogP contribution in [0.4, 0.5) is 5.69 Å². The van der Waals surface area contributed by atoms with Crippen molar-refractivity contribution < 1.29 is 4.79 Å². The van der Waals surface area contributed by atoms with Crippen molar-refractivity contribution in [1.82, 2.24) is 9.80 Å². The maximum Gasteiger partial charge on any atom is 0.256 e. The van der Waals surface area contributed by atoms with Crippen LogP contribution in [0.2, 0.25) is 0 Å². The van der Waals surface area contributed by atoms with E-state index in [1.54, 1.807) is 0 Å². The standard InChI is InChI=1S/C16H25N3O/c1-5-17-15-7-6-12(2)10-14(15)16(20)19-9-8-18(4)11-13(19)3/h6-7,10,13,17H,5,8-9,11H2,1-4H3. The third kappa shape index (κ3) is 3.12. The molecule has 0 aliphatic carbocycles. The van der Waals surface area contributed by atoms with Crippen molar-refractivity contribution in [3.63, 3.8) is 0 Å². The molecule has 1 aliphatic heterocycles. The number of anilines is 1. The average molecular weight is 275 g/mol. The molecule has 4 heteroatoms. The predicted molar refractivity (Wildman–Crippen MR) is 83.3 cm³/mol. The van der Waals surface area contributed by atoms with Crippen LogP contribution in [0.25, 0.3) is 0 Å². The van der Waals surface area contributed by atoms with Crippen molar-refractivity contribution in [3.8, 4) is 0 Å². The van der Waals surface area contributed by atoms with Gasteiger partial charge in [-0.05, 0) is 40.0 Å². The first-order valence-corrected chi connectivity index (χ1v) is 7.37. The van der Waals surface area contributed by atoms with Crippen molar-refractivity contribution in [1.29, 1.82) is 0 Å². The van der Waals surface area contributed by atoms with Crippen LogP contribution in [0, 0.1) is 6.92 Å². The number of carbonyl (C=O) groups is 1. The van der Waals surface area contributed by atoms with E-state index >= 15 is 0 Å². The lowest BCUT2D eigenvalue weighted by molar-refractivity contribution is 0.0534. The maximum absolute atomic E-state index is 12.8. The molecule has 4 nitrogen and oxygen atoms in total. The highest BCUT2D eigenvalue weighted by Crippen LogP contribution is 2.21. The van der Waals surface area contributed by atoms with Gasteiger partial charge in [0.05, 0.1) is 5.56 Å². The number of carbonyl (C=O) groups excluding carboxylic acids is 1. The van der Waals surface area contributed by atoms with Gasteiger partial charge in [0.15, 0.2) is 0 Å². The summed E-state index contributed by atoms with van der Waals surface area (Å²) in [6.07, 6.45) is 0. The van der Waals surface area contributed by atoms with E-state index in [0.29, 0.717) is 0 Å². The predicted octanol–water partition coefficient (Wildman–Crippen LogP) is 2.20. The molecule has 0 spiro atoms. The van der Waals surface area contributed by atoms with Crippen LogP contribution in [0.1, 0.15) is 29.8 Å². The summed E-state index contributed by atoms with van der Waals surface area (Å²) in [6.45, 7) is 9.70. The van der Waals surface area contributed by atoms with Gasteiger partial charge in [-0.25, -0.2) is 0 Å². The first-order chi connectivity index (χ1) is 9.52. The molecule has 1 aromatic carbocycles. The molecule has 1 fully saturated rings. The Balaban J connectivity index is 2.26. The van der Waals surface area contributed by atoms with Crippen molar-refractivity contribution in [2.75, 3.05) is 38.5 Å². The second-order valence-electron chi connectivity index (χ2n) is 5.69. The van der Waals surface area contributed by atoms with E-state index in [-0.39, 0.29) is 11.9 Å². The molecule has 1 N–H and O–H groups in total. The number of benzene rings is 1. The van der Waals surface area contributed by atoms with E-state index in [4.69, 9.17) is 0 Å². The summed E-state index contributed by atoms with van der Waals surface area (Å²) in [5.74, 6) is 0.144. The molecule has 1 amide bonds. The average Bonchev–Trinajstić information content (AvgIpc) is 2.40. The Morgan fingerprint density at radius 3 is 2.80 bits per heavy atom. The SMILES string of the molecule is CCNc1ccc(C)cc1C(=O)N1CCN(C)CC1C. The zero-order chi connectivity index (χ0) is 14.7. The third-order valence-corrected chi connectivity index (χ3v) is 3.86. The highest BCUT2D eigenvalue weighted by atomic mass is 16.2. The van der Waals surface area contributed by atoms with Crippen LogP contribution in [-0.4, -0.2) is 55.0 Å². The van der Waals surface area contributed by atoms with E-state index in [0.717, 1.165) is 43.0 Å². The number of nitrogens with zero attached hydrogens (tertiary/aromatic N) is 2. The number of hydrogen-bond donors (Lipinski definition) is 1. The van der Waals surface area contributed by atoms with E-state index in [1.165, 1.54) is 0 Å². The zero-order valence-electron chi connectivity index (χ0n) is 12.9. The Kier molecular flexibility index (Phi) is 4.65. The van der Waals surface area contributed by atoms with Gasteiger partial charge < -0.3 is 15.1 Å². The number of rotatable bonds is 3. The minimum Gasteiger partial charge on any atom is -0.385 e. The quantitative estimate of drug-likeness (QED) is 0.918. The molecule has 0 bridgehead atoms. The van der Waals surface area contributed by atoms with E-state index in [1.807, 2.05) is 36.9 Å². The van der Waals surface area contributed by atoms with Crippen molar-refractivity contribution in [2.45, 2.75) is 26.8 Å². The molecule has 1 aromatic rings. The molecule has 1 atom stereocenters. The lowest BCUT2D eigenvalue weighted by Gasteiger charge is -2.38. The second kappa shape index (κ2) is 6.27. The van der Waals surface area contributed by atoms with Gasteiger partial charge in [0.25, 0.3) is 5.91 Å². The van der Waals surface area contributed by atoms with Crippen LogP contribution >= 0.6 is 0 Å². The van der Waals surface area contributed by atoms with Gasteiger partial charge in [0, 0.05) is 37.9 Å². The van der Waals surface area contributed by atoms with Gasteiger partial charge >= 0.3 is 0 Å². The summed E-state index contributed by atoms with van der Waals surface area (Å²) >= 11 is 0. The molecule has 0 saturated carbocycles. The largest absolute Gasteiger partial charge is 0.385 e. The van der Waals surface area contributed by atoms with Crippen LogP contribution in [0.3, 0.4) is 0 Å². The summed E-state index contributed by atoms with van der Waals surface area (Å²) in [5, 5.41) is 3.29. The molecular weight excluding hydrogens is 250 g/mol. The van der Waals surface area contributed by atoms with Gasteiger partial charge in [-0.3, -0.25) is 4.79 Å². The molecule has 2 rings (SSSR count). The normalized spacial score (nSPS) is 20.0. The number of piperazine rings is 1. The second-order valence-corrected chi connectivity index (χ2v) is 5.69. The van der Waals surface area contributed by atoms with Gasteiger partial charge in [0.2, 0.25) is 0 Å². The molecule has 1 saturated heterocycles. The number of aryl methyl sites for hydroxylation is 1.